The number of likely N-dealkylation sites (N-methyl/N-ethyl adjacent to an activating group) is 1. The molecule has 0 spiro atoms. The predicted octanol–water partition coefficient (Wildman–Crippen LogP) is 4.78. The Morgan fingerprint density at radius 1 is 1.02 bits per heavy atom. The average molecular weight is 899 g/mol. The number of amides is 4. The topological polar surface area (TPSA) is 228 Å². The molecule has 66 heavy (non-hydrogen) atoms. The highest BCUT2D eigenvalue weighted by molar-refractivity contribution is 6.07. The maximum Gasteiger partial charge on any atom is 0.255 e. The second-order valence-electron chi connectivity index (χ2n) is 17.7. The van der Waals surface area contributed by atoms with Crippen LogP contribution in [0.25, 0.3) is 11.5 Å². The van der Waals surface area contributed by atoms with Crippen molar-refractivity contribution in [2.75, 3.05) is 42.5 Å². The molecule has 2 aliphatic carbocycles. The van der Waals surface area contributed by atoms with E-state index in [1.807, 2.05) is 24.3 Å². The van der Waals surface area contributed by atoms with Gasteiger partial charge in [-0.3, -0.25) is 24.5 Å². The van der Waals surface area contributed by atoms with Crippen molar-refractivity contribution >= 4 is 53.1 Å². The maximum atomic E-state index is 14.3. The molecular weight excluding hydrogens is 845 g/mol. The summed E-state index contributed by atoms with van der Waals surface area (Å²) in [6, 6.07) is 9.56. The predicted molar refractivity (Wildman–Crippen MR) is 242 cm³/mol. The van der Waals surface area contributed by atoms with Crippen LogP contribution in [0.5, 0.6) is 5.75 Å². The number of carbonyl (C=O) groups excluding carboxylic acids is 5. The van der Waals surface area contributed by atoms with Gasteiger partial charge in [-0.25, -0.2) is 4.98 Å². The highest BCUT2D eigenvalue weighted by Crippen LogP contribution is 2.42. The Balaban J connectivity index is 0.910. The fourth-order valence-electron chi connectivity index (χ4n) is 10.1. The summed E-state index contributed by atoms with van der Waals surface area (Å²) in [6.45, 7) is 0.473. The van der Waals surface area contributed by atoms with Crippen LogP contribution in [0.15, 0.2) is 47.0 Å². The van der Waals surface area contributed by atoms with Gasteiger partial charge in [-0.2, -0.15) is 4.98 Å². The van der Waals surface area contributed by atoms with Gasteiger partial charge in [0.1, 0.15) is 36.4 Å². The Bertz CT molecular complexity index is 2570. The number of benzene rings is 2. The molecule has 0 bridgehead atoms. The number of hydrogen-bond donors (Lipinski definition) is 3. The van der Waals surface area contributed by atoms with Gasteiger partial charge in [0.2, 0.25) is 35.5 Å². The molecule has 3 fully saturated rings. The zero-order chi connectivity index (χ0) is 45.9. The molecule has 18 heteroatoms. The van der Waals surface area contributed by atoms with Crippen LogP contribution in [0, 0.1) is 17.8 Å². The number of nitrogens with one attached hydrogen (secondary N) is 2. The summed E-state index contributed by atoms with van der Waals surface area (Å²) in [5.74, 6) is 6.77. The van der Waals surface area contributed by atoms with Gasteiger partial charge in [0.25, 0.3) is 5.91 Å². The van der Waals surface area contributed by atoms with Crippen LogP contribution in [0.1, 0.15) is 110 Å². The monoisotopic (exact) mass is 898 g/mol. The molecule has 4 aromatic rings. The third-order valence-corrected chi connectivity index (χ3v) is 13.7. The fraction of sp³-hybridized carbons (Fsp3) is 0.479. The van der Waals surface area contributed by atoms with Gasteiger partial charge in [-0.05, 0) is 93.7 Å². The Kier molecular flexibility index (Phi) is 13.1. The van der Waals surface area contributed by atoms with E-state index in [-0.39, 0.29) is 49.4 Å². The summed E-state index contributed by atoms with van der Waals surface area (Å²) in [5.41, 5.74) is 9.85. The summed E-state index contributed by atoms with van der Waals surface area (Å²) in [7, 11) is 3.29. The van der Waals surface area contributed by atoms with Crippen molar-refractivity contribution in [2.45, 2.75) is 114 Å². The summed E-state index contributed by atoms with van der Waals surface area (Å²) in [5, 5.41) is 14.5. The van der Waals surface area contributed by atoms with Crippen LogP contribution in [0.4, 0.5) is 23.1 Å². The fourth-order valence-corrected chi connectivity index (χ4v) is 10.1. The zero-order valence-electron chi connectivity index (χ0n) is 37.2. The Morgan fingerprint density at radius 2 is 1.83 bits per heavy atom. The zero-order valence-corrected chi connectivity index (χ0v) is 37.2. The van der Waals surface area contributed by atoms with Crippen LogP contribution in [-0.4, -0.2) is 107 Å². The molecular formula is C48H54N10O8. The van der Waals surface area contributed by atoms with Crippen LogP contribution in [-0.2, 0) is 30.5 Å². The van der Waals surface area contributed by atoms with E-state index >= 15 is 0 Å². The molecule has 5 heterocycles. The van der Waals surface area contributed by atoms with Crippen LogP contribution in [0.2, 0.25) is 0 Å². The van der Waals surface area contributed by atoms with E-state index in [0.717, 1.165) is 56.9 Å². The van der Waals surface area contributed by atoms with Gasteiger partial charge in [-0.1, -0.05) is 30.7 Å². The standard InChI is InChI=1S/C48H54N10O8/c1-56-39-26-50-48(51-36-19-15-31(25-40(36)64-2)45-55-54-44(66-45)29-13-17-32(49)18-14-29)52-41(39)58(33-10-3-4-11-33)37(47(56)63)20-16-30-24-38(43(61)53-42(30)60)57-27-35-28(8-5-6-22-65-23-21-59)9-7-12-34(35)46(57)62/h7,9,12,15,19,21,25-26,29-30,32-33,37-38H,3-4,6,10-11,13-14,16-18,20,22-24,27,49H2,1-2H3,(H,50,51,52)(H,53,60,61)/t29-,30?,32-,37-,38?/m1/s1. The van der Waals surface area contributed by atoms with Gasteiger partial charge in [0.15, 0.2) is 5.82 Å². The number of nitrogens with two attached hydrogens (primary N) is 1. The molecule has 2 unspecified atom stereocenters. The quantitative estimate of drug-likeness (QED) is 0.0670. The number of anilines is 4. The van der Waals surface area contributed by atoms with Crippen molar-refractivity contribution < 1.29 is 37.9 Å². The molecule has 3 aliphatic heterocycles. The Morgan fingerprint density at radius 3 is 2.62 bits per heavy atom. The smallest absolute Gasteiger partial charge is 0.255 e. The van der Waals surface area contributed by atoms with Crippen molar-refractivity contribution in [3.63, 3.8) is 0 Å². The molecule has 9 rings (SSSR count). The van der Waals surface area contributed by atoms with Crippen molar-refractivity contribution in [3.8, 4) is 29.0 Å². The SMILES string of the molecule is COc1cc(-c2nnc([C@H]3CC[C@H](N)CC3)o2)ccc1Nc1ncc2c(n1)N(C1CCCC1)[C@H](CCC1CC(N3Cc4c(C#CCCOCC=O)cccc4C3=O)C(=O)NC1=O)C(=O)N2C. The van der Waals surface area contributed by atoms with E-state index in [4.69, 9.17) is 24.6 Å². The summed E-state index contributed by atoms with van der Waals surface area (Å²) >= 11 is 0. The molecule has 18 nitrogen and oxygen atoms in total. The first-order valence-electron chi connectivity index (χ1n) is 22.9. The molecule has 2 aromatic heterocycles. The first kappa shape index (κ1) is 44.5. The number of fused-ring (bicyclic) bond motifs is 2. The summed E-state index contributed by atoms with van der Waals surface area (Å²) < 4.78 is 17.1. The summed E-state index contributed by atoms with van der Waals surface area (Å²) in [4.78, 5) is 80.5. The number of aldehydes is 1. The lowest BCUT2D eigenvalue weighted by Gasteiger charge is -2.44. The lowest BCUT2D eigenvalue weighted by atomic mass is 9.86. The Hall–Kier alpha value is -6.71. The number of imide groups is 1. The number of piperidine rings is 1. The Labute approximate surface area is 382 Å². The lowest BCUT2D eigenvalue weighted by Crippen LogP contribution is -2.57. The number of rotatable bonds is 14. The van der Waals surface area contributed by atoms with Crippen LogP contribution < -0.4 is 30.9 Å². The molecule has 1 saturated heterocycles. The number of carbonyl (C=O) groups is 5. The lowest BCUT2D eigenvalue weighted by molar-refractivity contribution is -0.140. The summed E-state index contributed by atoms with van der Waals surface area (Å²) in [6.07, 6.45) is 10.9. The third kappa shape index (κ3) is 8.97. The highest BCUT2D eigenvalue weighted by Gasteiger charge is 2.46. The number of ether oxygens (including phenoxy) is 2. The van der Waals surface area contributed by atoms with E-state index in [9.17, 15) is 24.0 Å². The molecule has 2 aromatic carbocycles. The van der Waals surface area contributed by atoms with E-state index in [1.165, 1.54) is 4.90 Å². The minimum Gasteiger partial charge on any atom is -0.495 e. The largest absolute Gasteiger partial charge is 0.495 e. The van der Waals surface area contributed by atoms with Gasteiger partial charge in [-0.15, -0.1) is 10.2 Å². The van der Waals surface area contributed by atoms with Crippen molar-refractivity contribution in [1.29, 1.82) is 0 Å². The first-order valence-corrected chi connectivity index (χ1v) is 22.9. The molecule has 3 atom stereocenters. The molecule has 4 N–H and O–H groups in total. The van der Waals surface area contributed by atoms with E-state index in [0.29, 0.717) is 89.5 Å². The molecule has 0 radical (unpaired) electrons. The maximum absolute atomic E-state index is 14.3. The first-order chi connectivity index (χ1) is 32.1. The van der Waals surface area contributed by atoms with Crippen LogP contribution in [0.3, 0.4) is 0 Å². The van der Waals surface area contributed by atoms with E-state index in [1.54, 1.807) is 37.4 Å². The molecule has 344 valence electrons. The second kappa shape index (κ2) is 19.4. The highest BCUT2D eigenvalue weighted by atomic mass is 16.5. The van der Waals surface area contributed by atoms with Crippen molar-refractivity contribution in [1.82, 2.24) is 30.4 Å². The normalized spacial score (nSPS) is 23.0. The van der Waals surface area contributed by atoms with E-state index in [2.05, 4.69) is 42.6 Å². The minimum atomic E-state index is -0.889. The molecule has 2 saturated carbocycles. The second-order valence-corrected chi connectivity index (χ2v) is 17.7. The third-order valence-electron chi connectivity index (χ3n) is 13.7. The average Bonchev–Trinajstić information content (AvgIpc) is 4.11. The van der Waals surface area contributed by atoms with Gasteiger partial charge in [0, 0.05) is 60.6 Å². The van der Waals surface area contributed by atoms with Gasteiger partial charge in [0.05, 0.1) is 25.6 Å². The number of nitrogens with zero attached hydrogens (tertiary/aromatic N) is 7. The van der Waals surface area contributed by atoms with Gasteiger partial charge < -0.3 is 44.4 Å². The number of hydrogen-bond acceptors (Lipinski definition) is 15. The van der Waals surface area contributed by atoms with E-state index < -0.39 is 29.8 Å². The van der Waals surface area contributed by atoms with Crippen molar-refractivity contribution in [3.05, 3.63) is 65.2 Å². The van der Waals surface area contributed by atoms with Gasteiger partial charge >= 0.3 is 0 Å². The van der Waals surface area contributed by atoms with Crippen molar-refractivity contribution in [2.24, 2.45) is 11.7 Å². The molecule has 5 aliphatic rings. The minimum absolute atomic E-state index is 0.00389. The number of aromatic nitrogens is 4. The molecule has 4 amide bonds. The van der Waals surface area contributed by atoms with Crippen LogP contribution >= 0.6 is 0 Å². The number of methoxy groups -OCH3 is 1.